The van der Waals surface area contributed by atoms with E-state index in [1.807, 2.05) is 0 Å². The minimum absolute atomic E-state index is 0.0202. The van der Waals surface area contributed by atoms with Crippen molar-refractivity contribution in [3.63, 3.8) is 0 Å². The van der Waals surface area contributed by atoms with Gasteiger partial charge in [-0.05, 0) is 30.9 Å². The molecule has 1 saturated carbocycles. The Morgan fingerprint density at radius 3 is 2.65 bits per heavy atom. The molecule has 0 radical (unpaired) electrons. The first-order chi connectivity index (χ1) is 8.25. The number of carboxylic acid groups (broad SMARTS) is 1. The highest BCUT2D eigenvalue weighted by Gasteiger charge is 2.13. The van der Waals surface area contributed by atoms with Crippen LogP contribution in [0.3, 0.4) is 0 Å². The maximum absolute atomic E-state index is 10.6. The van der Waals surface area contributed by atoms with E-state index in [4.69, 9.17) is 5.11 Å². The summed E-state index contributed by atoms with van der Waals surface area (Å²) in [4.78, 5) is 10.6. The van der Waals surface area contributed by atoms with Crippen molar-refractivity contribution in [3.8, 4) is 0 Å². The molecule has 2 N–H and O–H groups in total. The van der Waals surface area contributed by atoms with E-state index in [0.29, 0.717) is 11.7 Å². The molecule has 0 unspecified atom stereocenters. The molecule has 1 aliphatic carbocycles. The van der Waals surface area contributed by atoms with E-state index in [2.05, 4.69) is 15.5 Å². The minimum atomic E-state index is -1.05. The van der Waals surface area contributed by atoms with Crippen molar-refractivity contribution in [2.24, 2.45) is 5.92 Å². The van der Waals surface area contributed by atoms with E-state index < -0.39 is 5.97 Å². The van der Waals surface area contributed by atoms with E-state index in [-0.39, 0.29) is 5.69 Å². The van der Waals surface area contributed by atoms with Gasteiger partial charge in [-0.15, -0.1) is 10.2 Å². The summed E-state index contributed by atoms with van der Waals surface area (Å²) in [5.41, 5.74) is -0.0202. The van der Waals surface area contributed by atoms with Gasteiger partial charge in [-0.25, -0.2) is 4.79 Å². The van der Waals surface area contributed by atoms with Gasteiger partial charge in [0.2, 0.25) is 0 Å². The molecule has 2 rings (SSSR count). The predicted molar refractivity (Wildman–Crippen MR) is 64.1 cm³/mol. The van der Waals surface area contributed by atoms with Crippen LogP contribution in [0.2, 0.25) is 0 Å². The molecule has 0 spiro atoms. The molecule has 0 aliphatic heterocycles. The van der Waals surface area contributed by atoms with Crippen LogP contribution in [0.4, 0.5) is 5.82 Å². The first-order valence-corrected chi connectivity index (χ1v) is 6.06. The fraction of sp³-hybridized carbons (Fsp3) is 0.583. The van der Waals surface area contributed by atoms with Crippen LogP contribution in [0, 0.1) is 5.92 Å². The first kappa shape index (κ1) is 11.8. The second-order valence-corrected chi connectivity index (χ2v) is 4.49. The fourth-order valence-electron chi connectivity index (χ4n) is 2.18. The molecular formula is C12H17N3O2. The molecule has 0 aromatic carbocycles. The van der Waals surface area contributed by atoms with Crippen LogP contribution in [0.15, 0.2) is 12.1 Å². The molecule has 1 fully saturated rings. The first-order valence-electron chi connectivity index (χ1n) is 6.06. The topological polar surface area (TPSA) is 75.1 Å². The zero-order chi connectivity index (χ0) is 12.1. The third-order valence-electron chi connectivity index (χ3n) is 3.18. The number of nitrogens with zero attached hydrogens (tertiary/aromatic N) is 2. The average Bonchev–Trinajstić information content (AvgIpc) is 2.38. The van der Waals surface area contributed by atoms with Gasteiger partial charge in [-0.2, -0.15) is 0 Å². The Kier molecular flexibility index (Phi) is 3.90. The van der Waals surface area contributed by atoms with Crippen molar-refractivity contribution >= 4 is 11.8 Å². The monoisotopic (exact) mass is 235 g/mol. The number of aromatic nitrogens is 2. The van der Waals surface area contributed by atoms with Gasteiger partial charge in [0.15, 0.2) is 5.69 Å². The molecular weight excluding hydrogens is 218 g/mol. The van der Waals surface area contributed by atoms with Crippen LogP contribution in [0.5, 0.6) is 0 Å². The SMILES string of the molecule is O=C(O)c1ccc(NCC2CCCCC2)nn1. The van der Waals surface area contributed by atoms with Crippen molar-refractivity contribution in [1.82, 2.24) is 10.2 Å². The Bertz CT molecular complexity index is 372. The van der Waals surface area contributed by atoms with Gasteiger partial charge in [0.05, 0.1) is 0 Å². The number of nitrogens with one attached hydrogen (secondary N) is 1. The van der Waals surface area contributed by atoms with Gasteiger partial charge in [-0.1, -0.05) is 19.3 Å². The van der Waals surface area contributed by atoms with E-state index in [0.717, 1.165) is 6.54 Å². The van der Waals surface area contributed by atoms with E-state index >= 15 is 0 Å². The van der Waals surface area contributed by atoms with Crippen LogP contribution in [-0.4, -0.2) is 27.8 Å². The summed E-state index contributed by atoms with van der Waals surface area (Å²) in [6, 6.07) is 3.14. The molecule has 92 valence electrons. The summed E-state index contributed by atoms with van der Waals surface area (Å²) in [5.74, 6) is 0.321. The highest BCUT2D eigenvalue weighted by molar-refractivity contribution is 5.85. The van der Waals surface area contributed by atoms with Crippen molar-refractivity contribution in [1.29, 1.82) is 0 Å². The highest BCUT2D eigenvalue weighted by atomic mass is 16.4. The summed E-state index contributed by atoms with van der Waals surface area (Å²) >= 11 is 0. The van der Waals surface area contributed by atoms with Crippen molar-refractivity contribution in [3.05, 3.63) is 17.8 Å². The van der Waals surface area contributed by atoms with Crippen LogP contribution in [0.1, 0.15) is 42.6 Å². The number of carbonyl (C=O) groups is 1. The van der Waals surface area contributed by atoms with Gasteiger partial charge >= 0.3 is 5.97 Å². The Morgan fingerprint density at radius 1 is 1.29 bits per heavy atom. The third kappa shape index (κ3) is 3.41. The lowest BCUT2D eigenvalue weighted by molar-refractivity contribution is 0.0689. The Labute approximate surface area is 100 Å². The van der Waals surface area contributed by atoms with Crippen LogP contribution in [-0.2, 0) is 0 Å². The number of anilines is 1. The maximum atomic E-state index is 10.6. The van der Waals surface area contributed by atoms with Crippen molar-refractivity contribution < 1.29 is 9.90 Å². The van der Waals surface area contributed by atoms with E-state index in [9.17, 15) is 4.79 Å². The molecule has 17 heavy (non-hydrogen) atoms. The smallest absolute Gasteiger partial charge is 0.356 e. The Morgan fingerprint density at radius 2 is 2.06 bits per heavy atom. The lowest BCUT2D eigenvalue weighted by Crippen LogP contribution is -2.18. The third-order valence-corrected chi connectivity index (χ3v) is 3.18. The van der Waals surface area contributed by atoms with E-state index in [1.54, 1.807) is 6.07 Å². The van der Waals surface area contributed by atoms with Crippen LogP contribution >= 0.6 is 0 Å². The number of rotatable bonds is 4. The summed E-state index contributed by atoms with van der Waals surface area (Å²) in [6.07, 6.45) is 6.52. The number of hydrogen-bond acceptors (Lipinski definition) is 4. The quantitative estimate of drug-likeness (QED) is 0.836. The molecule has 1 aliphatic rings. The zero-order valence-corrected chi connectivity index (χ0v) is 9.72. The molecule has 0 saturated heterocycles. The molecule has 0 bridgehead atoms. The molecule has 1 aromatic heterocycles. The number of aromatic carboxylic acids is 1. The summed E-state index contributed by atoms with van der Waals surface area (Å²) in [5, 5.41) is 19.4. The summed E-state index contributed by atoms with van der Waals surface area (Å²) in [7, 11) is 0. The molecule has 0 atom stereocenters. The molecule has 1 heterocycles. The predicted octanol–water partition coefficient (Wildman–Crippen LogP) is 2.17. The van der Waals surface area contributed by atoms with Crippen LogP contribution in [0.25, 0.3) is 0 Å². The average molecular weight is 235 g/mol. The molecule has 5 heteroatoms. The second-order valence-electron chi connectivity index (χ2n) is 4.49. The molecule has 1 aromatic rings. The van der Waals surface area contributed by atoms with Gasteiger partial charge in [-0.3, -0.25) is 0 Å². The maximum Gasteiger partial charge on any atom is 0.356 e. The second kappa shape index (κ2) is 5.61. The minimum Gasteiger partial charge on any atom is -0.476 e. The van der Waals surface area contributed by atoms with Crippen molar-refractivity contribution in [2.75, 3.05) is 11.9 Å². The van der Waals surface area contributed by atoms with E-state index in [1.165, 1.54) is 38.2 Å². The summed E-state index contributed by atoms with van der Waals surface area (Å²) in [6.45, 7) is 0.904. The number of carboxylic acids is 1. The lowest BCUT2D eigenvalue weighted by Gasteiger charge is -2.21. The largest absolute Gasteiger partial charge is 0.476 e. The molecule has 5 nitrogen and oxygen atoms in total. The lowest BCUT2D eigenvalue weighted by atomic mass is 9.89. The Hall–Kier alpha value is -1.65. The van der Waals surface area contributed by atoms with Crippen LogP contribution < -0.4 is 5.32 Å². The summed E-state index contributed by atoms with van der Waals surface area (Å²) < 4.78 is 0. The highest BCUT2D eigenvalue weighted by Crippen LogP contribution is 2.23. The normalized spacial score (nSPS) is 16.7. The Balaban J connectivity index is 1.84. The van der Waals surface area contributed by atoms with Gasteiger partial charge < -0.3 is 10.4 Å². The van der Waals surface area contributed by atoms with Crippen molar-refractivity contribution in [2.45, 2.75) is 32.1 Å². The van der Waals surface area contributed by atoms with Gasteiger partial charge in [0.25, 0.3) is 0 Å². The number of hydrogen-bond donors (Lipinski definition) is 2. The molecule has 0 amide bonds. The fourth-order valence-corrected chi connectivity index (χ4v) is 2.18. The van der Waals surface area contributed by atoms with Gasteiger partial charge in [0.1, 0.15) is 5.82 Å². The standard InChI is InChI=1S/C12H17N3O2/c16-12(17)10-6-7-11(15-14-10)13-8-9-4-2-1-3-5-9/h6-7,9H,1-5,8H2,(H,13,15)(H,16,17). The zero-order valence-electron chi connectivity index (χ0n) is 9.72. The van der Waals surface area contributed by atoms with Gasteiger partial charge in [0, 0.05) is 6.54 Å².